The number of benzene rings is 1. The highest BCUT2D eigenvalue weighted by molar-refractivity contribution is 5.67. The molecule has 1 aromatic carbocycles. The lowest BCUT2D eigenvalue weighted by atomic mass is 9.91. The number of hydrogen-bond donors (Lipinski definition) is 1. The van der Waals surface area contributed by atoms with Crippen LogP contribution in [-0.2, 0) is 6.42 Å². The van der Waals surface area contributed by atoms with Crippen LogP contribution in [0.1, 0.15) is 35.7 Å². The van der Waals surface area contributed by atoms with Gasteiger partial charge >= 0.3 is 0 Å². The van der Waals surface area contributed by atoms with E-state index in [1.165, 1.54) is 5.56 Å². The van der Waals surface area contributed by atoms with Gasteiger partial charge in [0, 0.05) is 6.20 Å². The Labute approximate surface area is 124 Å². The van der Waals surface area contributed by atoms with Gasteiger partial charge in [-0.2, -0.15) is 5.26 Å². The van der Waals surface area contributed by atoms with Crippen molar-refractivity contribution in [2.45, 2.75) is 25.3 Å². The van der Waals surface area contributed by atoms with E-state index in [9.17, 15) is 5.26 Å². The molecule has 4 heteroatoms. The molecule has 1 aliphatic carbocycles. The molecule has 1 aromatic heterocycles. The van der Waals surface area contributed by atoms with Gasteiger partial charge in [-0.1, -0.05) is 12.1 Å². The van der Waals surface area contributed by atoms with Crippen molar-refractivity contribution in [3.05, 3.63) is 53.3 Å². The molecule has 1 atom stereocenters. The molecule has 0 fully saturated rings. The van der Waals surface area contributed by atoms with Gasteiger partial charge in [0.1, 0.15) is 11.8 Å². The molecule has 0 saturated carbocycles. The number of methoxy groups -OCH3 is 1. The smallest absolute Gasteiger partial charge is 0.143 e. The van der Waals surface area contributed by atoms with Gasteiger partial charge in [0.05, 0.1) is 30.1 Å². The molecule has 1 N–H and O–H groups in total. The first-order valence-electron chi connectivity index (χ1n) is 7.11. The van der Waals surface area contributed by atoms with Crippen LogP contribution in [0.5, 0.6) is 5.75 Å². The molecule has 0 spiro atoms. The maximum Gasteiger partial charge on any atom is 0.143 e. The molecule has 2 aromatic rings. The second-order valence-electron chi connectivity index (χ2n) is 5.13. The quantitative estimate of drug-likeness (QED) is 0.935. The van der Waals surface area contributed by atoms with Crippen LogP contribution in [0.25, 0.3) is 0 Å². The van der Waals surface area contributed by atoms with Crippen molar-refractivity contribution in [2.24, 2.45) is 0 Å². The summed E-state index contributed by atoms with van der Waals surface area (Å²) < 4.78 is 5.38. The zero-order chi connectivity index (χ0) is 14.7. The van der Waals surface area contributed by atoms with Gasteiger partial charge in [0.15, 0.2) is 0 Å². The van der Waals surface area contributed by atoms with Crippen molar-refractivity contribution in [3.8, 4) is 11.8 Å². The number of nitriles is 1. The number of ether oxygens (including phenoxy) is 1. The average Bonchev–Trinajstić information content (AvgIpc) is 2.55. The first-order valence-corrected chi connectivity index (χ1v) is 7.11. The Kier molecular flexibility index (Phi) is 3.74. The first-order chi connectivity index (χ1) is 10.3. The molecule has 1 heterocycles. The number of hydrogen-bond acceptors (Lipinski definition) is 4. The summed E-state index contributed by atoms with van der Waals surface area (Å²) in [7, 11) is 1.62. The van der Waals surface area contributed by atoms with E-state index in [1.54, 1.807) is 13.2 Å². The van der Waals surface area contributed by atoms with Crippen LogP contribution in [0.4, 0.5) is 5.69 Å². The Bertz CT molecular complexity index is 691. The number of nitrogens with one attached hydrogen (secondary N) is 1. The lowest BCUT2D eigenvalue weighted by Crippen LogP contribution is -2.19. The summed E-state index contributed by atoms with van der Waals surface area (Å²) in [5.74, 6) is 0.692. The second-order valence-corrected chi connectivity index (χ2v) is 5.13. The highest BCUT2D eigenvalue weighted by Crippen LogP contribution is 2.35. The maximum atomic E-state index is 9.30. The van der Waals surface area contributed by atoms with Crippen molar-refractivity contribution in [3.63, 3.8) is 0 Å². The number of anilines is 1. The van der Waals surface area contributed by atoms with Crippen LogP contribution in [0.15, 0.2) is 36.5 Å². The normalized spacial score (nSPS) is 16.7. The molecular weight excluding hydrogens is 262 g/mol. The third kappa shape index (κ3) is 2.55. The van der Waals surface area contributed by atoms with Gasteiger partial charge in [-0.15, -0.1) is 0 Å². The van der Waals surface area contributed by atoms with Crippen molar-refractivity contribution in [1.29, 1.82) is 5.26 Å². The minimum atomic E-state index is 0.123. The summed E-state index contributed by atoms with van der Waals surface area (Å²) in [5.41, 5.74) is 3.72. The number of rotatable bonds is 3. The molecular formula is C17H17N3O. The average molecular weight is 279 g/mol. The minimum absolute atomic E-state index is 0.123. The van der Waals surface area contributed by atoms with Crippen molar-refractivity contribution >= 4 is 5.69 Å². The van der Waals surface area contributed by atoms with Crippen LogP contribution < -0.4 is 10.1 Å². The van der Waals surface area contributed by atoms with Crippen LogP contribution in [0.2, 0.25) is 0 Å². The standard InChI is InChI=1S/C17H17N3O/c1-21-15-9-3-6-13(11-18)17(15)20-14-8-2-5-12-7-4-10-19-16(12)14/h3-4,6-7,9-10,14,20H,2,5,8H2,1H3. The Morgan fingerprint density at radius 1 is 1.33 bits per heavy atom. The summed E-state index contributed by atoms with van der Waals surface area (Å²) in [5, 5.41) is 12.8. The van der Waals surface area contributed by atoms with Gasteiger partial charge < -0.3 is 10.1 Å². The fourth-order valence-electron chi connectivity index (χ4n) is 2.87. The van der Waals surface area contributed by atoms with Crippen LogP contribution in [0.3, 0.4) is 0 Å². The molecule has 0 saturated heterocycles. The number of para-hydroxylation sites is 1. The van der Waals surface area contributed by atoms with Crippen LogP contribution in [0, 0.1) is 11.3 Å². The summed E-state index contributed by atoms with van der Waals surface area (Å²) in [6, 6.07) is 11.9. The molecule has 0 radical (unpaired) electrons. The van der Waals surface area contributed by atoms with Crippen LogP contribution >= 0.6 is 0 Å². The van der Waals surface area contributed by atoms with Crippen molar-refractivity contribution in [1.82, 2.24) is 4.98 Å². The molecule has 1 unspecified atom stereocenters. The largest absolute Gasteiger partial charge is 0.495 e. The summed E-state index contributed by atoms with van der Waals surface area (Å²) >= 11 is 0. The van der Waals surface area contributed by atoms with E-state index in [1.807, 2.05) is 24.4 Å². The molecule has 106 valence electrons. The SMILES string of the molecule is COc1cccc(C#N)c1NC1CCCc2cccnc21. The first kappa shape index (κ1) is 13.4. The monoisotopic (exact) mass is 279 g/mol. The number of nitrogens with zero attached hydrogens (tertiary/aromatic N) is 2. The number of pyridine rings is 1. The van der Waals surface area contributed by atoms with E-state index in [-0.39, 0.29) is 6.04 Å². The number of aryl methyl sites for hydroxylation is 1. The Morgan fingerprint density at radius 2 is 2.24 bits per heavy atom. The second kappa shape index (κ2) is 5.84. The zero-order valence-corrected chi connectivity index (χ0v) is 12.0. The summed E-state index contributed by atoms with van der Waals surface area (Å²) in [4.78, 5) is 4.52. The Balaban J connectivity index is 1.97. The highest BCUT2D eigenvalue weighted by Gasteiger charge is 2.23. The molecule has 3 rings (SSSR count). The van der Waals surface area contributed by atoms with Gasteiger partial charge in [-0.3, -0.25) is 4.98 Å². The number of fused-ring (bicyclic) bond motifs is 1. The van der Waals surface area contributed by atoms with Gasteiger partial charge in [-0.25, -0.2) is 0 Å². The van der Waals surface area contributed by atoms with E-state index in [2.05, 4.69) is 22.4 Å². The molecule has 1 aliphatic rings. The van der Waals surface area contributed by atoms with Crippen molar-refractivity contribution < 1.29 is 4.74 Å². The van der Waals surface area contributed by atoms with Crippen LogP contribution in [-0.4, -0.2) is 12.1 Å². The van der Waals surface area contributed by atoms with E-state index in [0.717, 1.165) is 30.6 Å². The molecule has 0 aliphatic heterocycles. The number of aromatic nitrogens is 1. The summed E-state index contributed by atoms with van der Waals surface area (Å²) in [6.45, 7) is 0. The molecule has 4 nitrogen and oxygen atoms in total. The fourth-order valence-corrected chi connectivity index (χ4v) is 2.87. The van der Waals surface area contributed by atoms with E-state index in [0.29, 0.717) is 11.3 Å². The van der Waals surface area contributed by atoms with E-state index in [4.69, 9.17) is 4.74 Å². The topological polar surface area (TPSA) is 57.9 Å². The van der Waals surface area contributed by atoms with Gasteiger partial charge in [0.25, 0.3) is 0 Å². The minimum Gasteiger partial charge on any atom is -0.495 e. The predicted octanol–water partition coefficient (Wildman–Crippen LogP) is 3.45. The van der Waals surface area contributed by atoms with E-state index >= 15 is 0 Å². The van der Waals surface area contributed by atoms with Gasteiger partial charge in [0.2, 0.25) is 0 Å². The predicted molar refractivity (Wildman–Crippen MR) is 81.2 cm³/mol. The highest BCUT2D eigenvalue weighted by atomic mass is 16.5. The third-order valence-electron chi connectivity index (χ3n) is 3.88. The molecule has 0 amide bonds. The lowest BCUT2D eigenvalue weighted by Gasteiger charge is -2.27. The van der Waals surface area contributed by atoms with E-state index < -0.39 is 0 Å². The molecule has 0 bridgehead atoms. The van der Waals surface area contributed by atoms with Gasteiger partial charge in [-0.05, 0) is 43.0 Å². The van der Waals surface area contributed by atoms with Crippen molar-refractivity contribution in [2.75, 3.05) is 12.4 Å². The summed E-state index contributed by atoms with van der Waals surface area (Å²) in [6.07, 6.45) is 5.02. The fraction of sp³-hybridized carbons (Fsp3) is 0.294. The lowest BCUT2D eigenvalue weighted by molar-refractivity contribution is 0.415. The molecule has 21 heavy (non-hydrogen) atoms. The zero-order valence-electron chi connectivity index (χ0n) is 12.0. The Hall–Kier alpha value is -2.54. The maximum absolute atomic E-state index is 9.30. The third-order valence-corrected chi connectivity index (χ3v) is 3.88. The Morgan fingerprint density at radius 3 is 3.05 bits per heavy atom.